The van der Waals surface area contributed by atoms with Gasteiger partial charge in [-0.3, -0.25) is 0 Å². The summed E-state index contributed by atoms with van der Waals surface area (Å²) >= 11 is 1.55. The number of anilines is 1. The molecule has 1 N–H and O–H groups in total. The molecule has 2 aromatic rings. The van der Waals surface area contributed by atoms with E-state index in [2.05, 4.69) is 9.88 Å². The van der Waals surface area contributed by atoms with E-state index in [1.807, 2.05) is 5.38 Å². The zero-order valence-corrected chi connectivity index (χ0v) is 13.6. The molecule has 126 valence electrons. The molecule has 4 rings (SSSR count). The first-order chi connectivity index (χ1) is 11.7. The number of carboxylic acids is 1. The fourth-order valence-corrected chi connectivity index (χ4v) is 3.65. The van der Waals surface area contributed by atoms with Gasteiger partial charge in [-0.2, -0.15) is 0 Å². The second-order valence-corrected chi connectivity index (χ2v) is 6.59. The van der Waals surface area contributed by atoms with E-state index in [1.54, 1.807) is 35.7 Å². The molecule has 0 unspecified atom stereocenters. The minimum absolute atomic E-state index is 0.172. The summed E-state index contributed by atoms with van der Waals surface area (Å²) in [6.45, 7) is 1.35. The molecule has 7 nitrogen and oxygen atoms in total. The molecule has 0 saturated carbocycles. The van der Waals surface area contributed by atoms with E-state index < -0.39 is 11.6 Å². The van der Waals surface area contributed by atoms with E-state index in [0.717, 1.165) is 5.13 Å². The van der Waals surface area contributed by atoms with Gasteiger partial charge in [0, 0.05) is 43.6 Å². The lowest BCUT2D eigenvalue weighted by Crippen LogP contribution is -2.53. The van der Waals surface area contributed by atoms with Crippen LogP contribution < -0.4 is 19.1 Å². The number of carbonyl (C=O) groups is 1. The summed E-state index contributed by atoms with van der Waals surface area (Å²) in [4.78, 5) is 18.3. The summed E-state index contributed by atoms with van der Waals surface area (Å²) in [5, 5.41) is 12.6. The number of thiazole rings is 1. The van der Waals surface area contributed by atoms with Gasteiger partial charge < -0.3 is 24.2 Å². The number of aromatic nitrogens is 1. The van der Waals surface area contributed by atoms with Crippen LogP contribution in [-0.4, -0.2) is 41.5 Å². The number of rotatable bonds is 4. The maximum atomic E-state index is 11.9. The van der Waals surface area contributed by atoms with Crippen LogP contribution in [0.25, 0.3) is 0 Å². The van der Waals surface area contributed by atoms with Crippen molar-refractivity contribution in [1.82, 2.24) is 4.98 Å². The van der Waals surface area contributed by atoms with Crippen LogP contribution >= 0.6 is 11.3 Å². The SMILES string of the molecule is O=C(O)C1(Oc2ccc3c(c2)OCO3)CCN(c2nccs2)CC1. The van der Waals surface area contributed by atoms with Gasteiger partial charge in [-0.1, -0.05) is 0 Å². The third-order valence-electron chi connectivity index (χ3n) is 4.31. The van der Waals surface area contributed by atoms with Crippen LogP contribution in [0.2, 0.25) is 0 Å². The molecule has 1 aromatic carbocycles. The molecule has 1 fully saturated rings. The molecule has 2 aliphatic rings. The van der Waals surface area contributed by atoms with Crippen LogP contribution in [0.4, 0.5) is 5.13 Å². The number of hydrogen-bond donors (Lipinski definition) is 1. The number of ether oxygens (including phenoxy) is 3. The van der Waals surface area contributed by atoms with E-state index in [-0.39, 0.29) is 6.79 Å². The van der Waals surface area contributed by atoms with E-state index >= 15 is 0 Å². The predicted octanol–water partition coefficient (Wildman–Crippen LogP) is 2.37. The van der Waals surface area contributed by atoms with Crippen LogP contribution in [0.5, 0.6) is 17.2 Å². The summed E-state index contributed by atoms with van der Waals surface area (Å²) in [7, 11) is 0. The summed E-state index contributed by atoms with van der Waals surface area (Å²) in [5.74, 6) is 0.752. The molecule has 2 aliphatic heterocycles. The quantitative estimate of drug-likeness (QED) is 0.908. The zero-order valence-electron chi connectivity index (χ0n) is 12.8. The highest BCUT2D eigenvalue weighted by atomic mass is 32.1. The third-order valence-corrected chi connectivity index (χ3v) is 5.14. The molecule has 1 aromatic heterocycles. The normalized spacial score (nSPS) is 18.4. The molecular weight excluding hydrogens is 332 g/mol. The Labute approximate surface area is 142 Å². The van der Waals surface area contributed by atoms with Crippen molar-refractivity contribution in [2.45, 2.75) is 18.4 Å². The molecule has 0 aliphatic carbocycles. The maximum Gasteiger partial charge on any atom is 0.348 e. The molecular formula is C16H16N2O5S. The number of aliphatic carboxylic acids is 1. The molecule has 8 heteroatoms. The summed E-state index contributed by atoms with van der Waals surface area (Å²) in [5.41, 5.74) is -1.23. The van der Waals surface area contributed by atoms with Gasteiger partial charge in [0.1, 0.15) is 5.75 Å². The largest absolute Gasteiger partial charge is 0.478 e. The highest BCUT2D eigenvalue weighted by Crippen LogP contribution is 2.38. The first-order valence-corrected chi connectivity index (χ1v) is 8.51. The van der Waals surface area contributed by atoms with Crippen LogP contribution in [0, 0.1) is 0 Å². The summed E-state index contributed by atoms with van der Waals surface area (Å²) < 4.78 is 16.5. The topological polar surface area (TPSA) is 81.1 Å². The van der Waals surface area contributed by atoms with Gasteiger partial charge >= 0.3 is 5.97 Å². The number of nitrogens with zero attached hydrogens (tertiary/aromatic N) is 2. The lowest BCUT2D eigenvalue weighted by molar-refractivity contribution is -0.157. The van der Waals surface area contributed by atoms with Gasteiger partial charge in [0.2, 0.25) is 12.4 Å². The van der Waals surface area contributed by atoms with Crippen molar-refractivity contribution >= 4 is 22.4 Å². The lowest BCUT2D eigenvalue weighted by Gasteiger charge is -2.38. The van der Waals surface area contributed by atoms with Gasteiger partial charge in [-0.05, 0) is 12.1 Å². The Morgan fingerprint density at radius 2 is 2.08 bits per heavy atom. The van der Waals surface area contributed by atoms with E-state index in [1.165, 1.54) is 0 Å². The molecule has 3 heterocycles. The second kappa shape index (κ2) is 5.86. The fraction of sp³-hybridized carbons (Fsp3) is 0.375. The Bertz CT molecular complexity index is 741. The standard InChI is InChI=1S/C16H16N2O5S/c19-14(20)16(3-6-18(7-4-16)15-17-5-8-24-15)23-11-1-2-12-13(9-11)22-10-21-12/h1-2,5,8-9H,3-4,6-7,10H2,(H,19,20). The molecule has 0 radical (unpaired) electrons. The maximum absolute atomic E-state index is 11.9. The lowest BCUT2D eigenvalue weighted by atomic mass is 9.91. The number of hydrogen-bond acceptors (Lipinski definition) is 7. The Morgan fingerprint density at radius 1 is 1.29 bits per heavy atom. The van der Waals surface area contributed by atoms with Crippen molar-refractivity contribution in [3.63, 3.8) is 0 Å². The first-order valence-electron chi connectivity index (χ1n) is 7.63. The van der Waals surface area contributed by atoms with Gasteiger partial charge in [-0.25, -0.2) is 9.78 Å². The van der Waals surface area contributed by atoms with Gasteiger partial charge in [0.25, 0.3) is 0 Å². The van der Waals surface area contributed by atoms with E-state index in [9.17, 15) is 9.90 Å². The Balaban J connectivity index is 1.51. The van der Waals surface area contributed by atoms with Crippen molar-refractivity contribution in [2.24, 2.45) is 0 Å². The molecule has 24 heavy (non-hydrogen) atoms. The van der Waals surface area contributed by atoms with Crippen LogP contribution in [0.1, 0.15) is 12.8 Å². The molecule has 0 bridgehead atoms. The van der Waals surface area contributed by atoms with Crippen molar-refractivity contribution in [2.75, 3.05) is 24.8 Å². The molecule has 0 amide bonds. The molecule has 0 atom stereocenters. The van der Waals surface area contributed by atoms with E-state index in [0.29, 0.717) is 43.2 Å². The van der Waals surface area contributed by atoms with Crippen LogP contribution in [-0.2, 0) is 4.79 Å². The minimum Gasteiger partial charge on any atom is -0.478 e. The molecule has 0 spiro atoms. The number of fused-ring (bicyclic) bond motifs is 1. The number of benzene rings is 1. The Hall–Kier alpha value is -2.48. The molecule has 1 saturated heterocycles. The van der Waals surface area contributed by atoms with Crippen molar-refractivity contribution in [3.8, 4) is 17.2 Å². The van der Waals surface area contributed by atoms with Crippen molar-refractivity contribution in [3.05, 3.63) is 29.8 Å². The Kier molecular flexibility index (Phi) is 3.68. The number of piperidine rings is 1. The van der Waals surface area contributed by atoms with Gasteiger partial charge in [0.15, 0.2) is 16.6 Å². The highest BCUT2D eigenvalue weighted by Gasteiger charge is 2.44. The highest BCUT2D eigenvalue weighted by molar-refractivity contribution is 7.13. The average molecular weight is 348 g/mol. The van der Waals surface area contributed by atoms with Crippen molar-refractivity contribution < 1.29 is 24.1 Å². The fourth-order valence-electron chi connectivity index (χ4n) is 2.96. The number of carboxylic acid groups (broad SMARTS) is 1. The van der Waals surface area contributed by atoms with Crippen LogP contribution in [0.15, 0.2) is 29.8 Å². The minimum atomic E-state index is -1.23. The van der Waals surface area contributed by atoms with Gasteiger partial charge in [-0.15, -0.1) is 11.3 Å². The van der Waals surface area contributed by atoms with Crippen molar-refractivity contribution in [1.29, 1.82) is 0 Å². The zero-order chi connectivity index (χ0) is 16.6. The van der Waals surface area contributed by atoms with Gasteiger partial charge in [0.05, 0.1) is 0 Å². The Morgan fingerprint density at radius 3 is 2.79 bits per heavy atom. The monoisotopic (exact) mass is 348 g/mol. The smallest absolute Gasteiger partial charge is 0.348 e. The van der Waals surface area contributed by atoms with E-state index in [4.69, 9.17) is 14.2 Å². The second-order valence-electron chi connectivity index (χ2n) is 5.72. The first kappa shape index (κ1) is 15.1. The summed E-state index contributed by atoms with van der Waals surface area (Å²) in [6, 6.07) is 5.13. The third kappa shape index (κ3) is 2.62. The van der Waals surface area contributed by atoms with Crippen LogP contribution in [0.3, 0.4) is 0 Å². The summed E-state index contributed by atoms with van der Waals surface area (Å²) in [6.07, 6.45) is 2.52. The predicted molar refractivity (Wildman–Crippen MR) is 87.1 cm³/mol. The average Bonchev–Trinajstić information content (AvgIpc) is 3.26.